The molecule has 0 aromatic heterocycles. The van der Waals surface area contributed by atoms with Crippen LogP contribution in [0, 0.1) is 0 Å². The predicted molar refractivity (Wildman–Crippen MR) is 48.9 cm³/mol. The van der Waals surface area contributed by atoms with Crippen molar-refractivity contribution in [2.45, 2.75) is 12.2 Å². The van der Waals surface area contributed by atoms with Crippen LogP contribution in [0.1, 0.15) is 5.56 Å². The lowest BCUT2D eigenvalue weighted by molar-refractivity contribution is -0.132. The number of rotatable bonds is 0. The zero-order chi connectivity index (χ0) is 10.2. The Morgan fingerprint density at radius 3 is 2.57 bits per heavy atom. The van der Waals surface area contributed by atoms with Crippen molar-refractivity contribution in [1.82, 2.24) is 0 Å². The molecule has 0 radical (unpaired) electrons. The first kappa shape index (κ1) is 9.12. The maximum Gasteiger partial charge on any atom is 0.412 e. The summed E-state index contributed by atoms with van der Waals surface area (Å²) < 4.78 is 37.0. The van der Waals surface area contributed by atoms with Crippen molar-refractivity contribution < 1.29 is 13.2 Å². The number of halogens is 3. The largest absolute Gasteiger partial charge is 0.412 e. The van der Waals surface area contributed by atoms with E-state index in [-0.39, 0.29) is 0 Å². The van der Waals surface area contributed by atoms with Gasteiger partial charge < -0.3 is 5.32 Å². The molecule has 1 N–H and O–H groups in total. The molecule has 0 saturated carbocycles. The Balaban J connectivity index is 2.30. The molecular formula is C10H8F3N. The van der Waals surface area contributed by atoms with Gasteiger partial charge in [0.05, 0.1) is 0 Å². The van der Waals surface area contributed by atoms with Gasteiger partial charge in [0.2, 0.25) is 0 Å². The molecule has 74 valence electrons. The molecule has 14 heavy (non-hydrogen) atoms. The minimum atomic E-state index is -4.23. The Morgan fingerprint density at radius 1 is 1.14 bits per heavy atom. The molecule has 0 fully saturated rings. The lowest BCUT2D eigenvalue weighted by atomic mass is 10.1. The van der Waals surface area contributed by atoms with E-state index in [9.17, 15) is 13.2 Å². The zero-order valence-corrected chi connectivity index (χ0v) is 7.18. The molecule has 0 saturated heterocycles. The van der Waals surface area contributed by atoms with Gasteiger partial charge in [-0.3, -0.25) is 0 Å². The molecule has 0 spiro atoms. The smallest absolute Gasteiger partial charge is 0.370 e. The van der Waals surface area contributed by atoms with Crippen LogP contribution in [0.15, 0.2) is 30.3 Å². The highest BCUT2D eigenvalue weighted by molar-refractivity contribution is 5.70. The summed E-state index contributed by atoms with van der Waals surface area (Å²) >= 11 is 0. The first-order valence-corrected chi connectivity index (χ1v) is 4.18. The van der Waals surface area contributed by atoms with E-state index in [1.54, 1.807) is 24.3 Å². The SMILES string of the molecule is FC(F)(F)C1C=Cc2ccccc2N1. The molecular weight excluding hydrogens is 191 g/mol. The number of nitrogens with one attached hydrogen (secondary N) is 1. The zero-order valence-electron chi connectivity index (χ0n) is 7.18. The van der Waals surface area contributed by atoms with Crippen molar-refractivity contribution in [3.63, 3.8) is 0 Å². The third kappa shape index (κ3) is 1.60. The summed E-state index contributed by atoms with van der Waals surface area (Å²) in [6.07, 6.45) is -1.61. The van der Waals surface area contributed by atoms with Gasteiger partial charge >= 0.3 is 6.18 Å². The highest BCUT2D eigenvalue weighted by atomic mass is 19.4. The van der Waals surface area contributed by atoms with E-state index in [0.717, 1.165) is 11.6 Å². The number of hydrogen-bond donors (Lipinski definition) is 1. The maximum absolute atomic E-state index is 12.3. The summed E-state index contributed by atoms with van der Waals surface area (Å²) in [4.78, 5) is 0. The Kier molecular flexibility index (Phi) is 1.98. The number of anilines is 1. The molecule has 1 aliphatic heterocycles. The van der Waals surface area contributed by atoms with E-state index in [1.165, 1.54) is 6.08 Å². The fourth-order valence-corrected chi connectivity index (χ4v) is 1.38. The Bertz CT molecular complexity index is 368. The minimum Gasteiger partial charge on any atom is -0.370 e. The first-order chi connectivity index (χ1) is 6.57. The normalized spacial score (nSPS) is 20.1. The number of benzene rings is 1. The third-order valence-electron chi connectivity index (χ3n) is 2.09. The molecule has 4 heteroatoms. The monoisotopic (exact) mass is 199 g/mol. The van der Waals surface area contributed by atoms with Crippen LogP contribution in [-0.4, -0.2) is 12.2 Å². The minimum absolute atomic E-state index is 0.525. The van der Waals surface area contributed by atoms with Gasteiger partial charge in [-0.25, -0.2) is 0 Å². The van der Waals surface area contributed by atoms with Crippen LogP contribution in [-0.2, 0) is 0 Å². The number of para-hydroxylation sites is 1. The summed E-state index contributed by atoms with van der Waals surface area (Å²) in [5, 5.41) is 2.43. The molecule has 0 amide bonds. The maximum atomic E-state index is 12.3. The molecule has 1 nitrogen and oxygen atoms in total. The Hall–Kier alpha value is -1.45. The van der Waals surface area contributed by atoms with Crippen LogP contribution in [0.3, 0.4) is 0 Å². The van der Waals surface area contributed by atoms with E-state index < -0.39 is 12.2 Å². The lowest BCUT2D eigenvalue weighted by Crippen LogP contribution is -2.35. The van der Waals surface area contributed by atoms with E-state index in [1.807, 2.05) is 0 Å². The van der Waals surface area contributed by atoms with Crippen LogP contribution in [0.25, 0.3) is 6.08 Å². The van der Waals surface area contributed by atoms with Crippen molar-refractivity contribution in [2.75, 3.05) is 5.32 Å². The van der Waals surface area contributed by atoms with Gasteiger partial charge in [0.1, 0.15) is 6.04 Å². The van der Waals surface area contributed by atoms with E-state index in [2.05, 4.69) is 5.32 Å². The van der Waals surface area contributed by atoms with Gasteiger partial charge in [-0.05, 0) is 11.6 Å². The van der Waals surface area contributed by atoms with E-state index in [4.69, 9.17) is 0 Å². The summed E-state index contributed by atoms with van der Waals surface area (Å²) in [6, 6.07) is 5.33. The van der Waals surface area contributed by atoms with Crippen LogP contribution >= 0.6 is 0 Å². The van der Waals surface area contributed by atoms with Gasteiger partial charge in [0, 0.05) is 5.69 Å². The lowest BCUT2D eigenvalue weighted by Gasteiger charge is -2.24. The Morgan fingerprint density at radius 2 is 1.86 bits per heavy atom. The molecule has 1 aromatic carbocycles. The Labute approximate surface area is 79.2 Å². The van der Waals surface area contributed by atoms with Gasteiger partial charge in [-0.1, -0.05) is 30.4 Å². The summed E-state index contributed by atoms with van der Waals surface area (Å²) in [6.45, 7) is 0. The second kappa shape index (κ2) is 3.04. The van der Waals surface area contributed by atoms with Gasteiger partial charge in [-0.15, -0.1) is 0 Å². The van der Waals surface area contributed by atoms with Crippen LogP contribution in [0.2, 0.25) is 0 Å². The predicted octanol–water partition coefficient (Wildman–Crippen LogP) is 3.06. The molecule has 0 bridgehead atoms. The average Bonchev–Trinajstić information content (AvgIpc) is 2.16. The van der Waals surface area contributed by atoms with Gasteiger partial charge in [0.15, 0.2) is 0 Å². The van der Waals surface area contributed by atoms with Gasteiger partial charge in [0.25, 0.3) is 0 Å². The second-order valence-corrected chi connectivity index (χ2v) is 3.11. The molecule has 2 rings (SSSR count). The number of alkyl halides is 3. The fraction of sp³-hybridized carbons (Fsp3) is 0.200. The molecule has 1 atom stereocenters. The fourth-order valence-electron chi connectivity index (χ4n) is 1.38. The third-order valence-corrected chi connectivity index (χ3v) is 2.09. The van der Waals surface area contributed by atoms with Crippen LogP contribution < -0.4 is 5.32 Å². The number of fused-ring (bicyclic) bond motifs is 1. The standard InChI is InChI=1S/C10H8F3N/c11-10(12,13)9-6-5-7-3-1-2-4-8(7)14-9/h1-6,9,14H. The van der Waals surface area contributed by atoms with Crippen molar-refractivity contribution in [1.29, 1.82) is 0 Å². The molecule has 1 unspecified atom stereocenters. The molecule has 1 aliphatic rings. The average molecular weight is 199 g/mol. The highest BCUT2D eigenvalue weighted by Gasteiger charge is 2.39. The van der Waals surface area contributed by atoms with Crippen LogP contribution in [0.5, 0.6) is 0 Å². The quantitative estimate of drug-likeness (QED) is 0.677. The van der Waals surface area contributed by atoms with E-state index in [0.29, 0.717) is 5.69 Å². The van der Waals surface area contributed by atoms with Gasteiger partial charge in [-0.2, -0.15) is 13.2 Å². The van der Waals surface area contributed by atoms with Crippen molar-refractivity contribution in [3.8, 4) is 0 Å². The summed E-state index contributed by atoms with van der Waals surface area (Å²) in [7, 11) is 0. The van der Waals surface area contributed by atoms with Crippen molar-refractivity contribution in [3.05, 3.63) is 35.9 Å². The highest BCUT2D eigenvalue weighted by Crippen LogP contribution is 2.30. The molecule has 1 heterocycles. The second-order valence-electron chi connectivity index (χ2n) is 3.11. The first-order valence-electron chi connectivity index (χ1n) is 4.18. The van der Waals surface area contributed by atoms with Crippen LogP contribution in [0.4, 0.5) is 18.9 Å². The van der Waals surface area contributed by atoms with Crippen molar-refractivity contribution >= 4 is 11.8 Å². The topological polar surface area (TPSA) is 12.0 Å². The summed E-state index contributed by atoms with van der Waals surface area (Å²) in [5.74, 6) is 0. The molecule has 1 aromatic rings. The number of hydrogen-bond acceptors (Lipinski definition) is 1. The molecule has 0 aliphatic carbocycles. The van der Waals surface area contributed by atoms with Crippen molar-refractivity contribution in [2.24, 2.45) is 0 Å². The summed E-state index contributed by atoms with van der Waals surface area (Å²) in [5.41, 5.74) is 1.31. The van der Waals surface area contributed by atoms with E-state index >= 15 is 0 Å².